The Bertz CT molecular complexity index is 964. The highest BCUT2D eigenvalue weighted by atomic mass is 79.9. The van der Waals surface area contributed by atoms with Gasteiger partial charge in [0.2, 0.25) is 18.4 Å². The van der Waals surface area contributed by atoms with Crippen molar-refractivity contribution in [1.82, 2.24) is 10.2 Å². The molecule has 1 N–H and O–H groups in total. The molecule has 4 rings (SSSR count). The van der Waals surface area contributed by atoms with Crippen molar-refractivity contribution in [3.8, 4) is 23.0 Å². The Morgan fingerprint density at radius 2 is 1.94 bits per heavy atom. The summed E-state index contributed by atoms with van der Waals surface area (Å²) in [7, 11) is 5.32. The summed E-state index contributed by atoms with van der Waals surface area (Å²) in [5.74, 6) is 2.78. The van der Waals surface area contributed by atoms with Crippen LogP contribution < -0.4 is 24.3 Å². The first-order valence-corrected chi connectivity index (χ1v) is 11.1. The molecule has 2 aliphatic heterocycles. The molecular weight excluding hydrogens is 464 g/mol. The lowest BCUT2D eigenvalue weighted by Gasteiger charge is -2.36. The number of halogens is 1. The summed E-state index contributed by atoms with van der Waals surface area (Å²) in [6.45, 7) is 1.59. The fraction of sp³-hybridized carbons (Fsp3) is 0.435. The third-order valence-corrected chi connectivity index (χ3v) is 6.75. The number of hydrogen-bond donors (Lipinski definition) is 1. The topological polar surface area (TPSA) is 69.3 Å². The van der Waals surface area contributed by atoms with Crippen molar-refractivity contribution in [3.63, 3.8) is 0 Å². The average molecular weight is 491 g/mol. The average Bonchev–Trinajstić information content (AvgIpc) is 3.27. The minimum absolute atomic E-state index is 0.00838. The van der Waals surface area contributed by atoms with Crippen LogP contribution in [0.25, 0.3) is 0 Å². The Hall–Kier alpha value is -2.45. The molecule has 0 saturated heterocycles. The number of nitrogens with zero attached hydrogens (tertiary/aromatic N) is 1. The SMILES string of the molecule is COc1ccc(CCNC(=O)CC2c3c(c(Br)c4c(c3OC)OCO4)CCN2C)cc1. The molecule has 0 spiro atoms. The maximum absolute atomic E-state index is 12.8. The van der Waals surface area contributed by atoms with Crippen LogP contribution in [0.1, 0.15) is 29.2 Å². The number of rotatable bonds is 7. The van der Waals surface area contributed by atoms with E-state index < -0.39 is 0 Å². The maximum Gasteiger partial charge on any atom is 0.231 e. The number of methoxy groups -OCH3 is 2. The van der Waals surface area contributed by atoms with Crippen LogP contribution in [0, 0.1) is 0 Å². The highest BCUT2D eigenvalue weighted by molar-refractivity contribution is 9.10. The van der Waals surface area contributed by atoms with Gasteiger partial charge in [-0.15, -0.1) is 0 Å². The van der Waals surface area contributed by atoms with E-state index in [1.807, 2.05) is 31.3 Å². The molecule has 0 fully saturated rings. The van der Waals surface area contributed by atoms with Crippen molar-refractivity contribution in [2.24, 2.45) is 0 Å². The standard InChI is InChI=1S/C23H27BrN2O5/c1-26-11-9-16-19(21(29-3)23-22(20(16)24)30-13-31-23)17(26)12-18(27)25-10-8-14-4-6-15(28-2)7-5-14/h4-7,17H,8-13H2,1-3H3,(H,25,27). The molecule has 1 atom stereocenters. The Kier molecular flexibility index (Phi) is 6.57. The van der Waals surface area contributed by atoms with E-state index >= 15 is 0 Å². The van der Waals surface area contributed by atoms with Crippen molar-refractivity contribution in [3.05, 3.63) is 45.4 Å². The summed E-state index contributed by atoms with van der Waals surface area (Å²) in [4.78, 5) is 15.0. The molecule has 0 aliphatic carbocycles. The first-order chi connectivity index (χ1) is 15.0. The van der Waals surface area contributed by atoms with Crippen LogP contribution in [0.15, 0.2) is 28.7 Å². The molecule has 2 heterocycles. The summed E-state index contributed by atoms with van der Waals surface area (Å²) in [5.41, 5.74) is 3.27. The van der Waals surface area contributed by atoms with Crippen LogP contribution in [-0.4, -0.2) is 52.0 Å². The molecule has 2 aromatic rings. The molecule has 31 heavy (non-hydrogen) atoms. The number of carbonyl (C=O) groups excluding carboxylic acids is 1. The smallest absolute Gasteiger partial charge is 0.231 e. The van der Waals surface area contributed by atoms with E-state index in [0.717, 1.165) is 46.3 Å². The zero-order chi connectivity index (χ0) is 22.0. The van der Waals surface area contributed by atoms with E-state index in [9.17, 15) is 4.79 Å². The van der Waals surface area contributed by atoms with Crippen LogP contribution >= 0.6 is 15.9 Å². The van der Waals surface area contributed by atoms with Crippen molar-refractivity contribution >= 4 is 21.8 Å². The van der Waals surface area contributed by atoms with Gasteiger partial charge in [-0.05, 0) is 59.1 Å². The van der Waals surface area contributed by atoms with Gasteiger partial charge in [-0.25, -0.2) is 0 Å². The van der Waals surface area contributed by atoms with Gasteiger partial charge in [0.05, 0.1) is 18.7 Å². The number of amides is 1. The molecular formula is C23H27BrN2O5. The van der Waals surface area contributed by atoms with Crippen molar-refractivity contribution < 1.29 is 23.7 Å². The Labute approximate surface area is 190 Å². The quantitative estimate of drug-likeness (QED) is 0.640. The second-order valence-corrected chi connectivity index (χ2v) is 8.50. The van der Waals surface area contributed by atoms with E-state index in [-0.39, 0.29) is 18.7 Å². The molecule has 8 heteroatoms. The van der Waals surface area contributed by atoms with E-state index in [2.05, 4.69) is 26.1 Å². The fourth-order valence-corrected chi connectivity index (χ4v) is 4.94. The zero-order valence-electron chi connectivity index (χ0n) is 18.0. The number of hydrogen-bond acceptors (Lipinski definition) is 6. The Morgan fingerprint density at radius 3 is 2.65 bits per heavy atom. The van der Waals surface area contributed by atoms with Gasteiger partial charge in [0, 0.05) is 31.1 Å². The molecule has 0 radical (unpaired) electrons. The summed E-state index contributed by atoms with van der Waals surface area (Å²) in [6.07, 6.45) is 1.95. The normalized spacial score (nSPS) is 17.2. The summed E-state index contributed by atoms with van der Waals surface area (Å²) < 4.78 is 23.1. The Morgan fingerprint density at radius 1 is 1.19 bits per heavy atom. The van der Waals surface area contributed by atoms with Gasteiger partial charge in [-0.2, -0.15) is 0 Å². The Balaban J connectivity index is 1.47. The second kappa shape index (κ2) is 9.36. The van der Waals surface area contributed by atoms with Crippen LogP contribution in [0.3, 0.4) is 0 Å². The fourth-order valence-electron chi connectivity index (χ4n) is 4.23. The van der Waals surface area contributed by atoms with Crippen LogP contribution in [0.5, 0.6) is 23.0 Å². The predicted molar refractivity (Wildman–Crippen MR) is 120 cm³/mol. The minimum atomic E-state index is -0.106. The van der Waals surface area contributed by atoms with Crippen molar-refractivity contribution in [1.29, 1.82) is 0 Å². The maximum atomic E-state index is 12.8. The monoisotopic (exact) mass is 490 g/mol. The van der Waals surface area contributed by atoms with Gasteiger partial charge in [-0.1, -0.05) is 12.1 Å². The summed E-state index contributed by atoms with van der Waals surface area (Å²) in [5, 5.41) is 3.06. The molecule has 0 aromatic heterocycles. The van der Waals surface area contributed by atoms with Gasteiger partial charge in [0.25, 0.3) is 0 Å². The number of likely N-dealkylation sites (N-methyl/N-ethyl adjacent to an activating group) is 1. The largest absolute Gasteiger partial charge is 0.497 e. The van der Waals surface area contributed by atoms with E-state index in [4.69, 9.17) is 18.9 Å². The lowest BCUT2D eigenvalue weighted by atomic mass is 9.89. The van der Waals surface area contributed by atoms with Gasteiger partial charge >= 0.3 is 0 Å². The highest BCUT2D eigenvalue weighted by Gasteiger charge is 2.37. The number of fused-ring (bicyclic) bond motifs is 2. The van der Waals surface area contributed by atoms with Crippen LogP contribution in [-0.2, 0) is 17.6 Å². The number of carbonyl (C=O) groups is 1. The summed E-state index contributed by atoms with van der Waals surface area (Å²) in [6, 6.07) is 7.78. The van der Waals surface area contributed by atoms with Gasteiger partial charge < -0.3 is 24.3 Å². The number of ether oxygens (including phenoxy) is 4. The first-order valence-electron chi connectivity index (χ1n) is 10.3. The van der Waals surface area contributed by atoms with Gasteiger partial charge in [0.1, 0.15) is 5.75 Å². The molecule has 166 valence electrons. The molecule has 1 amide bonds. The van der Waals surface area contributed by atoms with Gasteiger partial charge in [-0.3, -0.25) is 9.69 Å². The third kappa shape index (κ3) is 4.32. The first kappa shape index (κ1) is 21.8. The third-order valence-electron chi connectivity index (χ3n) is 5.91. The van der Waals surface area contributed by atoms with Crippen molar-refractivity contribution in [2.45, 2.75) is 25.3 Å². The minimum Gasteiger partial charge on any atom is -0.497 e. The van der Waals surface area contributed by atoms with Crippen LogP contribution in [0.2, 0.25) is 0 Å². The number of benzene rings is 2. The molecule has 1 unspecified atom stereocenters. The van der Waals surface area contributed by atoms with E-state index in [1.165, 1.54) is 0 Å². The van der Waals surface area contributed by atoms with Crippen molar-refractivity contribution in [2.75, 3.05) is 41.1 Å². The number of nitrogens with one attached hydrogen (secondary N) is 1. The lowest BCUT2D eigenvalue weighted by Crippen LogP contribution is -2.37. The highest BCUT2D eigenvalue weighted by Crippen LogP contribution is 2.54. The van der Waals surface area contributed by atoms with Gasteiger partial charge in [0.15, 0.2) is 11.5 Å². The predicted octanol–water partition coefficient (Wildman–Crippen LogP) is 3.47. The molecule has 2 aliphatic rings. The second-order valence-electron chi connectivity index (χ2n) is 7.70. The van der Waals surface area contributed by atoms with E-state index in [1.54, 1.807) is 14.2 Å². The lowest BCUT2D eigenvalue weighted by molar-refractivity contribution is -0.122. The molecule has 0 bridgehead atoms. The zero-order valence-corrected chi connectivity index (χ0v) is 19.6. The summed E-state index contributed by atoms with van der Waals surface area (Å²) >= 11 is 3.68. The molecule has 2 aromatic carbocycles. The molecule has 0 saturated carbocycles. The molecule has 7 nitrogen and oxygen atoms in total. The van der Waals surface area contributed by atoms with E-state index in [0.29, 0.717) is 30.2 Å². The van der Waals surface area contributed by atoms with Crippen LogP contribution in [0.4, 0.5) is 0 Å².